The van der Waals surface area contributed by atoms with E-state index in [0.717, 1.165) is 72.3 Å². The van der Waals surface area contributed by atoms with Gasteiger partial charge in [-0.3, -0.25) is 9.59 Å². The van der Waals surface area contributed by atoms with E-state index in [2.05, 4.69) is 161 Å². The van der Waals surface area contributed by atoms with Crippen LogP contribution in [0.5, 0.6) is 28.7 Å². The van der Waals surface area contributed by atoms with Gasteiger partial charge in [0.2, 0.25) is 0 Å². The fraction of sp³-hybridized carbons (Fsp3) is 0.492. The Hall–Kier alpha value is -5.13. The zero-order chi connectivity index (χ0) is 53.1. The lowest BCUT2D eigenvalue weighted by atomic mass is 9.72. The van der Waals surface area contributed by atoms with Crippen molar-refractivity contribution in [3.05, 3.63) is 145 Å². The molecule has 0 amide bonds. The highest BCUT2D eigenvalue weighted by Gasteiger charge is 2.50. The number of rotatable bonds is 8. The van der Waals surface area contributed by atoms with Crippen LogP contribution in [0.4, 0.5) is 0 Å². The summed E-state index contributed by atoms with van der Waals surface area (Å²) in [5, 5.41) is 0. The van der Waals surface area contributed by atoms with Gasteiger partial charge in [-0.25, -0.2) is 0 Å². The zero-order valence-electron chi connectivity index (χ0n) is 47.2. The smallest absolute Gasteiger partial charge is 0.425 e. The first-order valence-corrected chi connectivity index (χ1v) is 26.5. The summed E-state index contributed by atoms with van der Waals surface area (Å²) in [5.41, 5.74) is 11.2. The molecule has 0 fully saturated rings. The van der Waals surface area contributed by atoms with E-state index in [4.69, 9.17) is 23.0 Å². The Kier molecular flexibility index (Phi) is 13.5. The molecule has 2 aliphatic heterocycles. The van der Waals surface area contributed by atoms with Crippen LogP contribution in [0.25, 0.3) is 0 Å². The highest BCUT2D eigenvalue weighted by Crippen LogP contribution is 2.54. The van der Waals surface area contributed by atoms with Crippen LogP contribution in [-0.4, -0.2) is 11.9 Å². The van der Waals surface area contributed by atoms with Gasteiger partial charge in [-0.1, -0.05) is 185 Å². The van der Waals surface area contributed by atoms with Gasteiger partial charge in [0.15, 0.2) is 0 Å². The van der Waals surface area contributed by atoms with Crippen molar-refractivity contribution in [2.24, 2.45) is 0 Å². The maximum absolute atomic E-state index is 14.3. The first-order chi connectivity index (χ1) is 32.3. The second kappa shape index (κ2) is 17.8. The molecule has 5 aromatic carbocycles. The number of carbonyl (C=O) groups is 2. The van der Waals surface area contributed by atoms with Crippen LogP contribution in [-0.2, 0) is 47.5 Å². The summed E-state index contributed by atoms with van der Waals surface area (Å²) < 4.78 is 33.5. The van der Waals surface area contributed by atoms with E-state index in [9.17, 15) is 9.59 Å². The van der Waals surface area contributed by atoms with E-state index >= 15 is 0 Å². The minimum atomic E-state index is -2.16. The number of esters is 2. The molecule has 3 atom stereocenters. The van der Waals surface area contributed by atoms with Crippen molar-refractivity contribution in [2.45, 2.75) is 203 Å². The van der Waals surface area contributed by atoms with Crippen molar-refractivity contribution < 1.29 is 32.6 Å². The Bertz CT molecular complexity index is 2900. The molecule has 0 N–H and O–H groups in total. The third-order valence-electron chi connectivity index (χ3n) is 14.5. The Morgan fingerprint density at radius 2 is 0.915 bits per heavy atom. The van der Waals surface area contributed by atoms with Crippen molar-refractivity contribution in [1.29, 1.82) is 0 Å². The average Bonchev–Trinajstić information content (AvgIpc) is 3.68. The monoisotopic (exact) mass is 981 g/mol. The van der Waals surface area contributed by atoms with Gasteiger partial charge in [-0.2, -0.15) is 0 Å². The van der Waals surface area contributed by atoms with Crippen molar-refractivity contribution >= 4 is 20.5 Å². The molecule has 0 bridgehead atoms. The van der Waals surface area contributed by atoms with Crippen LogP contribution in [0.15, 0.2) is 66.7 Å². The first kappa shape index (κ1) is 53.7. The van der Waals surface area contributed by atoms with Crippen molar-refractivity contribution in [1.82, 2.24) is 0 Å². The largest absolute Gasteiger partial charge is 0.530 e. The van der Waals surface area contributed by atoms with E-state index in [1.165, 1.54) is 5.56 Å². The molecule has 2 aliphatic rings. The summed E-state index contributed by atoms with van der Waals surface area (Å²) >= 11 is 0. The molecule has 0 saturated heterocycles. The summed E-state index contributed by atoms with van der Waals surface area (Å²) in [7, 11) is -2.16. The van der Waals surface area contributed by atoms with E-state index in [-0.39, 0.29) is 44.4 Å². The SMILES string of the molecule is Cc1cc(C2C(=O)Oc3c2cc(C(C)(C)C)cc3C(C)(C)C)cc(C)c1OP(Oc1ccc(C(C)(C)C)cc1C(C)(C)C)Oc1c(C)cc(C2(C)C(=O)Oc3c(C(C)(C)C)cc(C(C)(C)C)cc32)cc1C. The lowest BCUT2D eigenvalue weighted by molar-refractivity contribution is -0.136. The highest BCUT2D eigenvalue weighted by atomic mass is 31.2. The van der Waals surface area contributed by atoms with Gasteiger partial charge in [0.25, 0.3) is 0 Å². The summed E-state index contributed by atoms with van der Waals surface area (Å²) in [6.07, 6.45) is 0. The lowest BCUT2D eigenvalue weighted by Gasteiger charge is -2.30. The summed E-state index contributed by atoms with van der Waals surface area (Å²) in [6, 6.07) is 23.3. The Labute approximate surface area is 427 Å². The predicted octanol–water partition coefficient (Wildman–Crippen LogP) is 16.7. The lowest BCUT2D eigenvalue weighted by Crippen LogP contribution is -2.32. The van der Waals surface area contributed by atoms with Gasteiger partial charge < -0.3 is 23.0 Å². The Morgan fingerprint density at radius 1 is 0.479 bits per heavy atom. The number of hydrogen-bond acceptors (Lipinski definition) is 7. The standard InChI is InChI=1S/C63H81O7P/c1-35-26-39(50-44-30-41(58(8,9)10)32-46(61(17,18)19)53(44)66-55(50)64)27-36(2)51(35)69-71(68-49-25-24-40(57(5,6)7)31-45(49)60(14,15)16)70-52-37(3)28-43(29-38(52)4)63(23)48-34-42(59(11,12)13)33-47(62(20,21)22)54(48)67-56(63)65/h24-34,50H,1-23H3. The number of benzene rings is 5. The van der Waals surface area contributed by atoms with Crippen molar-refractivity contribution in [3.63, 3.8) is 0 Å². The molecular formula is C63H81O7P. The zero-order valence-corrected chi connectivity index (χ0v) is 48.1. The normalized spacial score (nSPS) is 17.9. The van der Waals surface area contributed by atoms with Gasteiger partial charge in [-0.15, -0.1) is 0 Å². The van der Waals surface area contributed by atoms with Gasteiger partial charge in [0.05, 0.1) is 0 Å². The predicted molar refractivity (Wildman–Crippen MR) is 292 cm³/mol. The quantitative estimate of drug-likeness (QED) is 0.0870. The molecule has 71 heavy (non-hydrogen) atoms. The molecule has 0 saturated carbocycles. The van der Waals surface area contributed by atoms with Crippen LogP contribution >= 0.6 is 8.60 Å². The maximum atomic E-state index is 14.3. The van der Waals surface area contributed by atoms with Crippen LogP contribution < -0.4 is 23.0 Å². The van der Waals surface area contributed by atoms with E-state index in [1.54, 1.807) is 0 Å². The maximum Gasteiger partial charge on any atom is 0.530 e. The number of carbonyl (C=O) groups excluding carboxylic acids is 2. The van der Waals surface area contributed by atoms with E-state index in [1.807, 2.05) is 65.0 Å². The molecule has 7 nitrogen and oxygen atoms in total. The number of hydrogen-bond donors (Lipinski definition) is 0. The minimum Gasteiger partial charge on any atom is -0.425 e. The van der Waals surface area contributed by atoms with Gasteiger partial charge in [0, 0.05) is 27.8 Å². The molecular weight excluding hydrogens is 900 g/mol. The van der Waals surface area contributed by atoms with E-state index in [0.29, 0.717) is 28.7 Å². The summed E-state index contributed by atoms with van der Waals surface area (Å²) in [6.45, 7) is 49.4. The second-order valence-corrected chi connectivity index (χ2v) is 27.8. The average molecular weight is 981 g/mol. The summed E-state index contributed by atoms with van der Waals surface area (Å²) in [4.78, 5) is 28.4. The van der Waals surface area contributed by atoms with Crippen LogP contribution in [0, 0.1) is 27.7 Å². The Morgan fingerprint density at radius 3 is 1.38 bits per heavy atom. The van der Waals surface area contributed by atoms with Crippen LogP contribution in [0.2, 0.25) is 0 Å². The second-order valence-electron chi connectivity index (χ2n) is 26.8. The van der Waals surface area contributed by atoms with E-state index < -0.39 is 19.9 Å². The van der Waals surface area contributed by atoms with Gasteiger partial charge in [0.1, 0.15) is 40.1 Å². The number of ether oxygens (including phenoxy) is 2. The molecule has 2 heterocycles. The van der Waals surface area contributed by atoms with Gasteiger partial charge >= 0.3 is 20.5 Å². The highest BCUT2D eigenvalue weighted by molar-refractivity contribution is 7.43. The molecule has 0 aromatic heterocycles. The molecule has 3 unspecified atom stereocenters. The van der Waals surface area contributed by atoms with Crippen molar-refractivity contribution in [3.8, 4) is 28.7 Å². The third kappa shape index (κ3) is 10.3. The molecule has 0 aliphatic carbocycles. The molecule has 5 aromatic rings. The number of aryl methyl sites for hydroxylation is 4. The summed E-state index contributed by atoms with van der Waals surface area (Å²) in [5.74, 6) is 2.03. The first-order valence-electron chi connectivity index (χ1n) is 25.4. The van der Waals surface area contributed by atoms with Gasteiger partial charge in [-0.05, 0) is 123 Å². The topological polar surface area (TPSA) is 80.3 Å². The molecule has 0 radical (unpaired) electrons. The molecule has 0 spiro atoms. The Balaban J connectivity index is 1.33. The fourth-order valence-corrected chi connectivity index (χ4v) is 11.2. The third-order valence-corrected chi connectivity index (χ3v) is 15.5. The number of fused-ring (bicyclic) bond motifs is 2. The van der Waals surface area contributed by atoms with Crippen LogP contribution in [0.1, 0.15) is 215 Å². The van der Waals surface area contributed by atoms with Crippen molar-refractivity contribution in [2.75, 3.05) is 0 Å². The molecule has 380 valence electrons. The van der Waals surface area contributed by atoms with Crippen LogP contribution in [0.3, 0.4) is 0 Å². The fourth-order valence-electron chi connectivity index (χ4n) is 9.88. The molecule has 8 heteroatoms. The minimum absolute atomic E-state index is 0.0808. The molecule has 7 rings (SSSR count).